The standard InChI is InChI=1S/C22H24N4O2/c1-16-8-9-18(14-20(16)24-17(2)27)22(28)26-11-5-10-25(12-13-26)21-7-4-3-6-19(21)15-23/h3-4,6-9,14H,5,10-13H2,1-2H3,(H,24,27). The van der Waals surface area contributed by atoms with Crippen molar-refractivity contribution in [3.63, 3.8) is 0 Å². The van der Waals surface area contributed by atoms with Gasteiger partial charge in [-0.1, -0.05) is 18.2 Å². The minimum atomic E-state index is -0.158. The van der Waals surface area contributed by atoms with Crippen LogP contribution in [0.3, 0.4) is 0 Å². The second-order valence-electron chi connectivity index (χ2n) is 6.97. The largest absolute Gasteiger partial charge is 0.369 e. The lowest BCUT2D eigenvalue weighted by atomic mass is 10.1. The molecular weight excluding hydrogens is 352 g/mol. The number of nitrogens with zero attached hydrogens (tertiary/aromatic N) is 3. The number of anilines is 2. The van der Waals surface area contributed by atoms with Gasteiger partial charge in [0.15, 0.2) is 0 Å². The summed E-state index contributed by atoms with van der Waals surface area (Å²) in [6.07, 6.45) is 0.829. The molecule has 2 aromatic rings. The first kappa shape index (κ1) is 19.4. The molecule has 1 aliphatic rings. The molecule has 28 heavy (non-hydrogen) atoms. The number of rotatable bonds is 3. The zero-order valence-corrected chi connectivity index (χ0v) is 16.2. The van der Waals surface area contributed by atoms with E-state index < -0.39 is 0 Å². The summed E-state index contributed by atoms with van der Waals surface area (Å²) in [6, 6.07) is 15.2. The van der Waals surface area contributed by atoms with Gasteiger partial charge in [0.2, 0.25) is 5.91 Å². The second-order valence-corrected chi connectivity index (χ2v) is 6.97. The lowest BCUT2D eigenvalue weighted by Crippen LogP contribution is -2.35. The van der Waals surface area contributed by atoms with E-state index in [1.807, 2.05) is 42.2 Å². The van der Waals surface area contributed by atoms with Crippen LogP contribution in [0.1, 0.15) is 34.8 Å². The molecule has 0 bridgehead atoms. The first-order valence-electron chi connectivity index (χ1n) is 9.41. The van der Waals surface area contributed by atoms with Gasteiger partial charge in [0.1, 0.15) is 6.07 Å². The molecule has 0 saturated carbocycles. The van der Waals surface area contributed by atoms with Crippen LogP contribution in [-0.2, 0) is 4.79 Å². The normalized spacial score (nSPS) is 14.2. The van der Waals surface area contributed by atoms with E-state index in [-0.39, 0.29) is 11.8 Å². The molecule has 1 heterocycles. The third-order valence-corrected chi connectivity index (χ3v) is 4.94. The van der Waals surface area contributed by atoms with Gasteiger partial charge in [0, 0.05) is 44.4 Å². The Morgan fingerprint density at radius 3 is 2.61 bits per heavy atom. The number of carbonyl (C=O) groups is 2. The van der Waals surface area contributed by atoms with Crippen molar-refractivity contribution in [2.24, 2.45) is 0 Å². The van der Waals surface area contributed by atoms with Crippen LogP contribution in [-0.4, -0.2) is 42.9 Å². The highest BCUT2D eigenvalue weighted by atomic mass is 16.2. The molecule has 1 saturated heterocycles. The van der Waals surface area contributed by atoms with Gasteiger partial charge >= 0.3 is 0 Å². The highest BCUT2D eigenvalue weighted by Gasteiger charge is 2.22. The molecule has 144 valence electrons. The summed E-state index contributed by atoms with van der Waals surface area (Å²) in [5.41, 5.74) is 3.73. The van der Waals surface area contributed by atoms with E-state index in [0.29, 0.717) is 36.4 Å². The van der Waals surface area contributed by atoms with E-state index in [1.165, 1.54) is 6.92 Å². The number of para-hydroxylation sites is 1. The van der Waals surface area contributed by atoms with E-state index in [0.717, 1.165) is 24.2 Å². The number of benzene rings is 2. The van der Waals surface area contributed by atoms with Gasteiger partial charge in [-0.25, -0.2) is 0 Å². The predicted molar refractivity (Wildman–Crippen MR) is 109 cm³/mol. The Balaban J connectivity index is 1.74. The zero-order valence-electron chi connectivity index (χ0n) is 16.2. The molecule has 1 aliphatic heterocycles. The van der Waals surface area contributed by atoms with Crippen molar-refractivity contribution < 1.29 is 9.59 Å². The zero-order chi connectivity index (χ0) is 20.1. The van der Waals surface area contributed by atoms with Crippen LogP contribution in [0.2, 0.25) is 0 Å². The molecule has 2 aromatic carbocycles. The molecule has 0 spiro atoms. The van der Waals surface area contributed by atoms with E-state index >= 15 is 0 Å². The summed E-state index contributed by atoms with van der Waals surface area (Å²) >= 11 is 0. The third kappa shape index (κ3) is 4.32. The molecule has 0 aliphatic carbocycles. The molecule has 0 radical (unpaired) electrons. The van der Waals surface area contributed by atoms with Gasteiger partial charge in [-0.3, -0.25) is 9.59 Å². The molecule has 1 fully saturated rings. The molecule has 6 heteroatoms. The smallest absolute Gasteiger partial charge is 0.253 e. The summed E-state index contributed by atoms with van der Waals surface area (Å²) in [6.45, 7) is 6.07. The Hall–Kier alpha value is -3.33. The van der Waals surface area contributed by atoms with Crippen LogP contribution in [0, 0.1) is 18.3 Å². The maximum Gasteiger partial charge on any atom is 0.253 e. The van der Waals surface area contributed by atoms with Crippen LogP contribution < -0.4 is 10.2 Å². The SMILES string of the molecule is CC(=O)Nc1cc(C(=O)N2CCCN(c3ccccc3C#N)CC2)ccc1C. The average molecular weight is 376 g/mol. The summed E-state index contributed by atoms with van der Waals surface area (Å²) in [7, 11) is 0. The molecule has 1 N–H and O–H groups in total. The van der Waals surface area contributed by atoms with Crippen molar-refractivity contribution in [1.82, 2.24) is 4.90 Å². The summed E-state index contributed by atoms with van der Waals surface area (Å²) in [5, 5.41) is 12.1. The quantitative estimate of drug-likeness (QED) is 0.893. The maximum atomic E-state index is 13.0. The van der Waals surface area contributed by atoms with E-state index in [1.54, 1.807) is 12.1 Å². The van der Waals surface area contributed by atoms with E-state index in [9.17, 15) is 14.9 Å². The predicted octanol–water partition coefficient (Wildman–Crippen LogP) is 3.18. The van der Waals surface area contributed by atoms with Crippen molar-refractivity contribution in [3.05, 3.63) is 59.2 Å². The van der Waals surface area contributed by atoms with Gasteiger partial charge < -0.3 is 15.1 Å². The second kappa shape index (κ2) is 8.57. The minimum Gasteiger partial charge on any atom is -0.369 e. The average Bonchev–Trinajstić information content (AvgIpc) is 2.95. The molecule has 3 rings (SSSR count). The van der Waals surface area contributed by atoms with Crippen molar-refractivity contribution in [1.29, 1.82) is 5.26 Å². The Morgan fingerprint density at radius 2 is 1.86 bits per heavy atom. The van der Waals surface area contributed by atoms with Crippen molar-refractivity contribution in [2.45, 2.75) is 20.3 Å². The van der Waals surface area contributed by atoms with E-state index in [4.69, 9.17) is 0 Å². The topological polar surface area (TPSA) is 76.4 Å². The number of nitrogens with one attached hydrogen (secondary N) is 1. The van der Waals surface area contributed by atoms with Crippen molar-refractivity contribution >= 4 is 23.2 Å². The van der Waals surface area contributed by atoms with Crippen LogP contribution in [0.25, 0.3) is 0 Å². The van der Waals surface area contributed by atoms with Crippen LogP contribution >= 0.6 is 0 Å². The Morgan fingerprint density at radius 1 is 1.07 bits per heavy atom. The van der Waals surface area contributed by atoms with Crippen molar-refractivity contribution in [2.75, 3.05) is 36.4 Å². The van der Waals surface area contributed by atoms with Crippen LogP contribution in [0.15, 0.2) is 42.5 Å². The van der Waals surface area contributed by atoms with Crippen LogP contribution in [0.5, 0.6) is 0 Å². The molecule has 0 aromatic heterocycles. The molecule has 2 amide bonds. The molecule has 6 nitrogen and oxygen atoms in total. The number of hydrogen-bond donors (Lipinski definition) is 1. The van der Waals surface area contributed by atoms with Crippen LogP contribution in [0.4, 0.5) is 11.4 Å². The number of amides is 2. The van der Waals surface area contributed by atoms with Crippen molar-refractivity contribution in [3.8, 4) is 6.07 Å². The number of nitriles is 1. The first-order valence-corrected chi connectivity index (χ1v) is 9.41. The lowest BCUT2D eigenvalue weighted by molar-refractivity contribution is -0.114. The van der Waals surface area contributed by atoms with Gasteiger partial charge in [-0.2, -0.15) is 5.26 Å². The number of aryl methyl sites for hydroxylation is 1. The first-order chi connectivity index (χ1) is 13.5. The molecular formula is C22H24N4O2. The molecule has 0 atom stereocenters. The molecule has 0 unspecified atom stereocenters. The van der Waals surface area contributed by atoms with Gasteiger partial charge in [-0.15, -0.1) is 0 Å². The van der Waals surface area contributed by atoms with Gasteiger partial charge in [0.25, 0.3) is 5.91 Å². The maximum absolute atomic E-state index is 13.0. The fraction of sp³-hybridized carbons (Fsp3) is 0.318. The summed E-state index contributed by atoms with van der Waals surface area (Å²) in [5.74, 6) is -0.198. The Labute approximate surface area is 165 Å². The van der Waals surface area contributed by atoms with Gasteiger partial charge in [-0.05, 0) is 43.2 Å². The fourth-order valence-electron chi connectivity index (χ4n) is 3.47. The number of carbonyl (C=O) groups excluding carboxylic acids is 2. The Kier molecular flexibility index (Phi) is 5.95. The lowest BCUT2D eigenvalue weighted by Gasteiger charge is -2.24. The minimum absolute atomic E-state index is 0.0398. The summed E-state index contributed by atoms with van der Waals surface area (Å²) < 4.78 is 0. The fourth-order valence-corrected chi connectivity index (χ4v) is 3.47. The third-order valence-electron chi connectivity index (χ3n) is 4.94. The highest BCUT2D eigenvalue weighted by Crippen LogP contribution is 2.22. The number of hydrogen-bond acceptors (Lipinski definition) is 4. The Bertz CT molecular complexity index is 932. The highest BCUT2D eigenvalue weighted by molar-refractivity contribution is 5.97. The monoisotopic (exact) mass is 376 g/mol. The van der Waals surface area contributed by atoms with Gasteiger partial charge in [0.05, 0.1) is 11.3 Å². The summed E-state index contributed by atoms with van der Waals surface area (Å²) in [4.78, 5) is 28.4. The van der Waals surface area contributed by atoms with E-state index in [2.05, 4.69) is 16.3 Å².